The third-order valence-electron chi connectivity index (χ3n) is 2.46. The number of nitrogens with zero attached hydrogens (tertiary/aromatic N) is 1. The first-order chi connectivity index (χ1) is 7.07. The zero-order valence-corrected chi connectivity index (χ0v) is 9.46. The van der Waals surface area contributed by atoms with Crippen LogP contribution in [0.3, 0.4) is 0 Å². The first-order valence-corrected chi connectivity index (χ1v) is 4.90. The van der Waals surface area contributed by atoms with Crippen molar-refractivity contribution in [2.75, 3.05) is 0 Å². The Bertz CT molecular complexity index is 458. The van der Waals surface area contributed by atoms with Gasteiger partial charge in [-0.05, 0) is 43.0 Å². The molecule has 0 saturated carbocycles. The van der Waals surface area contributed by atoms with E-state index in [1.807, 2.05) is 45.0 Å². The van der Waals surface area contributed by atoms with Gasteiger partial charge in [0, 0.05) is 0 Å². The van der Waals surface area contributed by atoms with Gasteiger partial charge in [0.1, 0.15) is 0 Å². The van der Waals surface area contributed by atoms with E-state index in [-0.39, 0.29) is 0 Å². The number of allylic oxidation sites excluding steroid dienone is 3. The van der Waals surface area contributed by atoms with Crippen molar-refractivity contribution in [2.24, 2.45) is 0 Å². The van der Waals surface area contributed by atoms with Gasteiger partial charge in [0.25, 0.3) is 0 Å². The Morgan fingerprint density at radius 2 is 1.87 bits per heavy atom. The molecule has 0 aliphatic carbocycles. The average Bonchev–Trinajstić information content (AvgIpc) is 2.18. The number of nitriles is 1. The van der Waals surface area contributed by atoms with Crippen LogP contribution >= 0.6 is 0 Å². The van der Waals surface area contributed by atoms with Crippen molar-refractivity contribution in [3.63, 3.8) is 0 Å². The van der Waals surface area contributed by atoms with E-state index in [2.05, 4.69) is 12.6 Å². The van der Waals surface area contributed by atoms with Crippen LogP contribution in [0.1, 0.15) is 25.0 Å². The van der Waals surface area contributed by atoms with Crippen LogP contribution in [0.5, 0.6) is 0 Å². The van der Waals surface area contributed by atoms with Crippen molar-refractivity contribution < 1.29 is 0 Å². The summed E-state index contributed by atoms with van der Waals surface area (Å²) in [5.74, 6) is 0. The highest BCUT2D eigenvalue weighted by molar-refractivity contribution is 5.75. The van der Waals surface area contributed by atoms with Gasteiger partial charge in [0.15, 0.2) is 0 Å². The molecule has 1 nitrogen and oxygen atoms in total. The molecular formula is C14H15N. The summed E-state index contributed by atoms with van der Waals surface area (Å²) in [4.78, 5) is 0. The number of benzene rings is 1. The van der Waals surface area contributed by atoms with Gasteiger partial charge in [-0.3, -0.25) is 0 Å². The molecule has 1 heteroatoms. The summed E-state index contributed by atoms with van der Waals surface area (Å²) in [5, 5.41) is 9.05. The maximum Gasteiger partial charge on any atom is 0.0997 e. The average molecular weight is 197 g/mol. The summed E-state index contributed by atoms with van der Waals surface area (Å²) < 4.78 is 0. The fourth-order valence-corrected chi connectivity index (χ4v) is 1.63. The molecule has 15 heavy (non-hydrogen) atoms. The van der Waals surface area contributed by atoms with E-state index >= 15 is 0 Å². The molecule has 0 heterocycles. The molecule has 0 unspecified atom stereocenters. The lowest BCUT2D eigenvalue weighted by molar-refractivity contribution is 1.36. The molecule has 0 radical (unpaired) electrons. The van der Waals surface area contributed by atoms with Crippen LogP contribution in [-0.4, -0.2) is 0 Å². The van der Waals surface area contributed by atoms with E-state index in [0.29, 0.717) is 5.57 Å². The van der Waals surface area contributed by atoms with Gasteiger partial charge in [-0.1, -0.05) is 30.8 Å². The van der Waals surface area contributed by atoms with Gasteiger partial charge in [-0.2, -0.15) is 5.26 Å². The van der Waals surface area contributed by atoms with Crippen LogP contribution in [0.2, 0.25) is 0 Å². The monoisotopic (exact) mass is 197 g/mol. The van der Waals surface area contributed by atoms with Gasteiger partial charge in [-0.25, -0.2) is 0 Å². The molecular weight excluding hydrogens is 182 g/mol. The van der Waals surface area contributed by atoms with E-state index in [1.54, 1.807) is 0 Å². The molecule has 0 aliphatic heterocycles. The summed E-state index contributed by atoms with van der Waals surface area (Å²) in [6.07, 6.45) is 0. The topological polar surface area (TPSA) is 23.8 Å². The second kappa shape index (κ2) is 4.61. The molecule has 0 fully saturated rings. The molecule has 0 atom stereocenters. The molecule has 0 N–H and O–H groups in total. The number of rotatable bonds is 2. The highest BCUT2D eigenvalue weighted by atomic mass is 14.3. The van der Waals surface area contributed by atoms with Crippen LogP contribution in [0, 0.1) is 18.3 Å². The van der Waals surface area contributed by atoms with Crippen LogP contribution < -0.4 is 0 Å². The maximum atomic E-state index is 9.05. The van der Waals surface area contributed by atoms with E-state index in [9.17, 15) is 0 Å². The zero-order chi connectivity index (χ0) is 11.4. The minimum atomic E-state index is 0.685. The SMILES string of the molecule is C=C(C)/C(C#N)=C(/C)c1ccccc1C. The van der Waals surface area contributed by atoms with Crippen molar-refractivity contribution in [3.05, 3.63) is 53.1 Å². The quantitative estimate of drug-likeness (QED) is 0.521. The third-order valence-corrected chi connectivity index (χ3v) is 2.46. The van der Waals surface area contributed by atoms with Crippen molar-refractivity contribution >= 4 is 5.57 Å². The predicted octanol–water partition coefficient (Wildman–Crippen LogP) is 3.87. The van der Waals surface area contributed by atoms with E-state index in [4.69, 9.17) is 5.26 Å². The van der Waals surface area contributed by atoms with Gasteiger partial charge in [0.05, 0.1) is 11.6 Å². The van der Waals surface area contributed by atoms with E-state index in [0.717, 1.165) is 16.7 Å². The van der Waals surface area contributed by atoms with Crippen molar-refractivity contribution in [2.45, 2.75) is 20.8 Å². The number of aryl methyl sites for hydroxylation is 1. The Labute approximate surface area is 91.4 Å². The summed E-state index contributed by atoms with van der Waals surface area (Å²) in [6.45, 7) is 9.70. The van der Waals surface area contributed by atoms with Crippen LogP contribution in [0.25, 0.3) is 5.57 Å². The van der Waals surface area contributed by atoms with Gasteiger partial charge in [-0.15, -0.1) is 0 Å². The Kier molecular flexibility index (Phi) is 3.46. The standard InChI is InChI=1S/C14H15N/c1-10(2)14(9-15)12(4)13-8-6-5-7-11(13)3/h5-8H,1H2,2-4H3/b14-12-. The zero-order valence-electron chi connectivity index (χ0n) is 9.46. The van der Waals surface area contributed by atoms with Crippen LogP contribution in [-0.2, 0) is 0 Å². The van der Waals surface area contributed by atoms with Crippen LogP contribution in [0.4, 0.5) is 0 Å². The molecule has 0 bridgehead atoms. The molecule has 0 aliphatic rings. The maximum absolute atomic E-state index is 9.05. The Balaban J connectivity index is 3.37. The number of hydrogen-bond donors (Lipinski definition) is 0. The molecule has 1 aromatic carbocycles. The lowest BCUT2D eigenvalue weighted by Crippen LogP contribution is -1.90. The summed E-state index contributed by atoms with van der Waals surface area (Å²) in [6, 6.07) is 10.3. The molecule has 1 aromatic rings. The number of hydrogen-bond acceptors (Lipinski definition) is 1. The fraction of sp³-hybridized carbons (Fsp3) is 0.214. The highest BCUT2D eigenvalue weighted by Crippen LogP contribution is 2.24. The highest BCUT2D eigenvalue weighted by Gasteiger charge is 2.06. The predicted molar refractivity (Wildman–Crippen MR) is 64.2 cm³/mol. The molecule has 0 saturated heterocycles. The molecule has 0 amide bonds. The van der Waals surface area contributed by atoms with E-state index in [1.165, 1.54) is 5.56 Å². The normalized spacial score (nSPS) is 11.6. The minimum absolute atomic E-state index is 0.685. The van der Waals surface area contributed by atoms with Crippen molar-refractivity contribution in [3.8, 4) is 6.07 Å². The Morgan fingerprint density at radius 3 is 2.33 bits per heavy atom. The lowest BCUT2D eigenvalue weighted by Gasteiger charge is -2.08. The third kappa shape index (κ3) is 2.35. The van der Waals surface area contributed by atoms with Gasteiger partial charge < -0.3 is 0 Å². The van der Waals surface area contributed by atoms with E-state index < -0.39 is 0 Å². The first kappa shape index (κ1) is 11.3. The summed E-state index contributed by atoms with van der Waals surface area (Å²) >= 11 is 0. The molecule has 76 valence electrons. The Morgan fingerprint density at radius 1 is 1.27 bits per heavy atom. The van der Waals surface area contributed by atoms with Gasteiger partial charge >= 0.3 is 0 Å². The summed E-state index contributed by atoms with van der Waals surface area (Å²) in [7, 11) is 0. The van der Waals surface area contributed by atoms with Crippen molar-refractivity contribution in [1.29, 1.82) is 5.26 Å². The largest absolute Gasteiger partial charge is 0.192 e. The second-order valence-electron chi connectivity index (χ2n) is 3.71. The van der Waals surface area contributed by atoms with Crippen molar-refractivity contribution in [1.82, 2.24) is 0 Å². The first-order valence-electron chi connectivity index (χ1n) is 4.90. The molecule has 0 aromatic heterocycles. The fourth-order valence-electron chi connectivity index (χ4n) is 1.63. The lowest BCUT2D eigenvalue weighted by atomic mass is 9.95. The van der Waals surface area contributed by atoms with Gasteiger partial charge in [0.2, 0.25) is 0 Å². The Hall–Kier alpha value is -1.81. The summed E-state index contributed by atoms with van der Waals surface area (Å²) in [5.41, 5.74) is 4.81. The molecule has 0 spiro atoms. The minimum Gasteiger partial charge on any atom is -0.192 e. The second-order valence-corrected chi connectivity index (χ2v) is 3.71. The van der Waals surface area contributed by atoms with Crippen LogP contribution in [0.15, 0.2) is 42.0 Å². The molecule has 1 rings (SSSR count). The smallest absolute Gasteiger partial charge is 0.0997 e.